The van der Waals surface area contributed by atoms with Crippen LogP contribution < -0.4 is 0 Å². The van der Waals surface area contributed by atoms with E-state index in [0.29, 0.717) is 18.9 Å². The fourth-order valence-electron chi connectivity index (χ4n) is 1.94. The summed E-state index contributed by atoms with van der Waals surface area (Å²) in [6.45, 7) is 1.34. The van der Waals surface area contributed by atoms with Crippen LogP contribution in [0.5, 0.6) is 0 Å². The third-order valence-corrected chi connectivity index (χ3v) is 3.08. The average Bonchev–Trinajstić information content (AvgIpc) is 2.55. The summed E-state index contributed by atoms with van der Waals surface area (Å²) in [4.78, 5) is 15.3. The number of carbonyl (C=O) groups excluding carboxylic acids is 1. The van der Waals surface area contributed by atoms with Gasteiger partial charge in [0, 0.05) is 12.8 Å². The van der Waals surface area contributed by atoms with E-state index >= 15 is 0 Å². The van der Waals surface area contributed by atoms with Crippen LogP contribution in [0.2, 0.25) is 0 Å². The molecule has 4 heteroatoms. The zero-order valence-corrected chi connectivity index (χ0v) is 12.1. The van der Waals surface area contributed by atoms with E-state index in [1.165, 1.54) is 12.7 Å². The number of hydrogen-bond acceptors (Lipinski definition) is 4. The van der Waals surface area contributed by atoms with Gasteiger partial charge in [-0.05, 0) is 30.0 Å². The van der Waals surface area contributed by atoms with E-state index in [2.05, 4.69) is 21.9 Å². The fourth-order valence-corrected chi connectivity index (χ4v) is 1.94. The molecule has 0 amide bonds. The molecular weight excluding hydrogens is 266 g/mol. The van der Waals surface area contributed by atoms with Crippen molar-refractivity contribution >= 4 is 5.97 Å². The number of hydrogen-bond donors (Lipinski definition) is 0. The molecule has 2 rings (SSSR count). The average molecular weight is 285 g/mol. The SMILES string of the molecule is COC(=O)c1ccc(CCCOCc2ccccc2)cn1. The Morgan fingerprint density at radius 2 is 1.90 bits per heavy atom. The highest BCUT2D eigenvalue weighted by Crippen LogP contribution is 2.06. The number of methoxy groups -OCH3 is 1. The highest BCUT2D eigenvalue weighted by molar-refractivity contribution is 5.86. The molecule has 0 fully saturated rings. The quantitative estimate of drug-likeness (QED) is 0.579. The van der Waals surface area contributed by atoms with Crippen LogP contribution in [0.1, 0.15) is 28.0 Å². The molecule has 0 saturated heterocycles. The largest absolute Gasteiger partial charge is 0.464 e. The Labute approximate surface area is 124 Å². The van der Waals surface area contributed by atoms with Crippen molar-refractivity contribution in [1.82, 2.24) is 4.98 Å². The first-order valence-electron chi connectivity index (χ1n) is 6.94. The highest BCUT2D eigenvalue weighted by atomic mass is 16.5. The minimum atomic E-state index is -0.409. The molecule has 0 bridgehead atoms. The molecule has 0 unspecified atom stereocenters. The van der Waals surface area contributed by atoms with E-state index in [9.17, 15) is 4.79 Å². The third-order valence-electron chi connectivity index (χ3n) is 3.08. The van der Waals surface area contributed by atoms with Crippen molar-refractivity contribution < 1.29 is 14.3 Å². The summed E-state index contributed by atoms with van der Waals surface area (Å²) in [7, 11) is 1.35. The van der Waals surface area contributed by atoms with Crippen LogP contribution in [0.3, 0.4) is 0 Å². The monoisotopic (exact) mass is 285 g/mol. The first-order chi connectivity index (χ1) is 10.3. The number of benzene rings is 1. The Morgan fingerprint density at radius 1 is 1.10 bits per heavy atom. The van der Waals surface area contributed by atoms with E-state index < -0.39 is 5.97 Å². The molecule has 1 aromatic carbocycles. The topological polar surface area (TPSA) is 48.4 Å². The van der Waals surface area contributed by atoms with Gasteiger partial charge in [-0.3, -0.25) is 0 Å². The molecule has 0 radical (unpaired) electrons. The molecule has 1 heterocycles. The third kappa shape index (κ3) is 5.00. The lowest BCUT2D eigenvalue weighted by Crippen LogP contribution is -2.04. The van der Waals surface area contributed by atoms with Crippen molar-refractivity contribution in [3.05, 3.63) is 65.5 Å². The molecule has 0 aliphatic heterocycles. The molecule has 0 aliphatic rings. The summed E-state index contributed by atoms with van der Waals surface area (Å²) in [5, 5.41) is 0. The van der Waals surface area contributed by atoms with Crippen molar-refractivity contribution in [3.63, 3.8) is 0 Å². The Morgan fingerprint density at radius 3 is 2.57 bits per heavy atom. The lowest BCUT2D eigenvalue weighted by Gasteiger charge is -2.05. The molecule has 0 spiro atoms. The van der Waals surface area contributed by atoms with Gasteiger partial charge in [-0.1, -0.05) is 36.4 Å². The van der Waals surface area contributed by atoms with Gasteiger partial charge < -0.3 is 9.47 Å². The van der Waals surface area contributed by atoms with E-state index in [0.717, 1.165) is 18.4 Å². The van der Waals surface area contributed by atoms with Crippen LogP contribution in [0.25, 0.3) is 0 Å². The summed E-state index contributed by atoms with van der Waals surface area (Å²) >= 11 is 0. The van der Waals surface area contributed by atoms with Gasteiger partial charge in [0.2, 0.25) is 0 Å². The fraction of sp³-hybridized carbons (Fsp3) is 0.294. The van der Waals surface area contributed by atoms with Crippen LogP contribution in [0, 0.1) is 0 Å². The van der Waals surface area contributed by atoms with Crippen molar-refractivity contribution in [3.8, 4) is 0 Å². The minimum absolute atomic E-state index is 0.335. The first-order valence-corrected chi connectivity index (χ1v) is 6.94. The summed E-state index contributed by atoms with van der Waals surface area (Å²) in [6, 6.07) is 13.7. The van der Waals surface area contributed by atoms with Crippen LogP contribution >= 0.6 is 0 Å². The number of nitrogens with zero attached hydrogens (tertiary/aromatic N) is 1. The minimum Gasteiger partial charge on any atom is -0.464 e. The lowest BCUT2D eigenvalue weighted by atomic mass is 10.1. The van der Waals surface area contributed by atoms with Gasteiger partial charge in [0.25, 0.3) is 0 Å². The van der Waals surface area contributed by atoms with Gasteiger partial charge >= 0.3 is 5.97 Å². The number of ether oxygens (including phenoxy) is 2. The van der Waals surface area contributed by atoms with E-state index in [1.54, 1.807) is 12.3 Å². The van der Waals surface area contributed by atoms with Crippen molar-refractivity contribution in [2.75, 3.05) is 13.7 Å². The van der Waals surface area contributed by atoms with Gasteiger partial charge in [-0.25, -0.2) is 9.78 Å². The number of esters is 1. The molecular formula is C17H19NO3. The molecule has 0 aliphatic carbocycles. The maximum atomic E-state index is 11.3. The zero-order chi connectivity index (χ0) is 14.9. The summed E-state index contributed by atoms with van der Waals surface area (Å²) in [5.74, 6) is -0.409. The summed E-state index contributed by atoms with van der Waals surface area (Å²) < 4.78 is 10.2. The standard InChI is InChI=1S/C17H19NO3/c1-20-17(19)16-10-9-14(12-18-16)8-5-11-21-13-15-6-3-2-4-7-15/h2-4,6-7,9-10,12H,5,8,11,13H2,1H3. The molecule has 1 aromatic heterocycles. The molecule has 0 N–H and O–H groups in total. The highest BCUT2D eigenvalue weighted by Gasteiger charge is 2.05. The van der Waals surface area contributed by atoms with Crippen LogP contribution in [0.15, 0.2) is 48.7 Å². The number of aromatic nitrogens is 1. The van der Waals surface area contributed by atoms with Gasteiger partial charge in [-0.2, -0.15) is 0 Å². The van der Waals surface area contributed by atoms with Crippen molar-refractivity contribution in [2.45, 2.75) is 19.4 Å². The van der Waals surface area contributed by atoms with E-state index in [1.807, 2.05) is 24.3 Å². The normalized spacial score (nSPS) is 10.3. The molecule has 0 atom stereocenters. The number of rotatable bonds is 7. The maximum absolute atomic E-state index is 11.3. The Bertz CT molecular complexity index is 552. The lowest BCUT2D eigenvalue weighted by molar-refractivity contribution is 0.0594. The maximum Gasteiger partial charge on any atom is 0.356 e. The second-order valence-corrected chi connectivity index (χ2v) is 4.69. The number of pyridine rings is 1. The molecule has 110 valence electrons. The van der Waals surface area contributed by atoms with Crippen LogP contribution in [-0.2, 0) is 22.5 Å². The van der Waals surface area contributed by atoms with Gasteiger partial charge in [0.1, 0.15) is 5.69 Å². The smallest absolute Gasteiger partial charge is 0.356 e. The van der Waals surface area contributed by atoms with Gasteiger partial charge in [0.15, 0.2) is 0 Å². The zero-order valence-electron chi connectivity index (χ0n) is 12.1. The number of aryl methyl sites for hydroxylation is 1. The van der Waals surface area contributed by atoms with E-state index in [-0.39, 0.29) is 0 Å². The summed E-state index contributed by atoms with van der Waals surface area (Å²) in [5.41, 5.74) is 2.61. The second-order valence-electron chi connectivity index (χ2n) is 4.69. The van der Waals surface area contributed by atoms with Crippen LogP contribution in [-0.4, -0.2) is 24.7 Å². The van der Waals surface area contributed by atoms with Crippen molar-refractivity contribution in [2.24, 2.45) is 0 Å². The molecule has 2 aromatic rings. The second kappa shape index (κ2) is 8.17. The first kappa shape index (κ1) is 15.2. The van der Waals surface area contributed by atoms with E-state index in [4.69, 9.17) is 4.74 Å². The van der Waals surface area contributed by atoms with Crippen molar-refractivity contribution in [1.29, 1.82) is 0 Å². The Kier molecular flexibility index (Phi) is 5.91. The number of carbonyl (C=O) groups is 1. The van der Waals surface area contributed by atoms with Gasteiger partial charge in [-0.15, -0.1) is 0 Å². The molecule has 4 nitrogen and oxygen atoms in total. The predicted octanol–water partition coefficient (Wildman–Crippen LogP) is 3.02. The Hall–Kier alpha value is -2.20. The summed E-state index contributed by atoms with van der Waals surface area (Å²) in [6.07, 6.45) is 3.51. The van der Waals surface area contributed by atoms with Crippen LogP contribution in [0.4, 0.5) is 0 Å². The Balaban J connectivity index is 1.68. The van der Waals surface area contributed by atoms with Gasteiger partial charge in [0.05, 0.1) is 13.7 Å². The molecule has 0 saturated carbocycles. The predicted molar refractivity (Wildman–Crippen MR) is 80.0 cm³/mol. The molecule has 21 heavy (non-hydrogen) atoms.